The van der Waals surface area contributed by atoms with Gasteiger partial charge in [-0.05, 0) is 13.0 Å². The number of hydrogen-bond acceptors (Lipinski definition) is 7. The van der Waals surface area contributed by atoms with Crippen molar-refractivity contribution in [1.29, 1.82) is 0 Å². The summed E-state index contributed by atoms with van der Waals surface area (Å²) >= 11 is 0. The number of ether oxygens (including phenoxy) is 3. The fourth-order valence-electron chi connectivity index (χ4n) is 4.05. The normalized spacial score (nSPS) is 19.1. The quantitative estimate of drug-likeness (QED) is 0.539. The molecule has 3 aromatic heterocycles. The molecule has 1 amide bonds. The zero-order valence-electron chi connectivity index (χ0n) is 19.4. The fourth-order valence-corrected chi connectivity index (χ4v) is 4.05. The van der Waals surface area contributed by atoms with E-state index >= 15 is 0 Å². The number of aliphatic hydroxyl groups excluding tert-OH is 1. The lowest BCUT2D eigenvalue weighted by atomic mass is 9.96. The van der Waals surface area contributed by atoms with E-state index < -0.39 is 11.7 Å². The van der Waals surface area contributed by atoms with Gasteiger partial charge in [0.15, 0.2) is 0 Å². The zero-order chi connectivity index (χ0) is 23.6. The Morgan fingerprint density at radius 3 is 2.88 bits per heavy atom. The van der Waals surface area contributed by atoms with Gasteiger partial charge in [0.1, 0.15) is 17.2 Å². The number of amides is 1. The van der Waals surface area contributed by atoms with Crippen molar-refractivity contribution < 1.29 is 24.1 Å². The van der Waals surface area contributed by atoms with Crippen LogP contribution in [0.4, 0.5) is 5.82 Å². The average molecular weight is 455 g/mol. The van der Waals surface area contributed by atoms with E-state index in [0.29, 0.717) is 49.9 Å². The number of rotatable bonds is 8. The number of nitrogens with zero attached hydrogens (tertiary/aromatic N) is 3. The van der Waals surface area contributed by atoms with Crippen LogP contribution in [-0.4, -0.2) is 58.6 Å². The molecule has 1 aliphatic heterocycles. The summed E-state index contributed by atoms with van der Waals surface area (Å²) in [6.07, 6.45) is 4.48. The topological polar surface area (TPSA) is 108 Å². The second kappa shape index (κ2) is 9.46. The Morgan fingerprint density at radius 2 is 2.21 bits per heavy atom. The molecule has 0 unspecified atom stereocenters. The summed E-state index contributed by atoms with van der Waals surface area (Å²) < 4.78 is 19.5. The maximum atomic E-state index is 11.5. The van der Waals surface area contributed by atoms with Crippen LogP contribution in [0, 0.1) is 0 Å². The van der Waals surface area contributed by atoms with Crippen molar-refractivity contribution in [2.75, 3.05) is 32.2 Å². The summed E-state index contributed by atoms with van der Waals surface area (Å²) in [6, 6.07) is 5.62. The lowest BCUT2D eigenvalue weighted by Gasteiger charge is -2.26. The van der Waals surface area contributed by atoms with Crippen LogP contribution in [0.25, 0.3) is 22.2 Å². The minimum absolute atomic E-state index is 0.184. The number of methoxy groups -OCH3 is 1. The van der Waals surface area contributed by atoms with E-state index in [1.54, 1.807) is 20.2 Å². The van der Waals surface area contributed by atoms with E-state index in [-0.39, 0.29) is 5.91 Å². The highest BCUT2D eigenvalue weighted by molar-refractivity contribution is 5.98. The van der Waals surface area contributed by atoms with E-state index in [1.807, 2.05) is 36.0 Å². The molecule has 2 N–H and O–H groups in total. The molecule has 1 aliphatic rings. The second-order valence-corrected chi connectivity index (χ2v) is 8.48. The summed E-state index contributed by atoms with van der Waals surface area (Å²) in [5.74, 6) is 0.938. The van der Waals surface area contributed by atoms with Gasteiger partial charge < -0.3 is 29.2 Å². The summed E-state index contributed by atoms with van der Waals surface area (Å²) in [5.41, 5.74) is 2.60. The predicted octanol–water partition coefficient (Wildman–Crippen LogP) is 3.01. The van der Waals surface area contributed by atoms with E-state index in [1.165, 1.54) is 6.92 Å². The molecule has 176 valence electrons. The molecular formula is C24H30N4O5. The number of pyridine rings is 2. The van der Waals surface area contributed by atoms with Crippen molar-refractivity contribution in [3.63, 3.8) is 0 Å². The molecule has 9 nitrogen and oxygen atoms in total. The number of hydrogen-bond donors (Lipinski definition) is 2. The van der Waals surface area contributed by atoms with Crippen LogP contribution in [0.2, 0.25) is 0 Å². The third kappa shape index (κ3) is 4.85. The molecule has 33 heavy (non-hydrogen) atoms. The molecule has 9 heteroatoms. The van der Waals surface area contributed by atoms with E-state index in [4.69, 9.17) is 19.2 Å². The monoisotopic (exact) mass is 454 g/mol. The maximum Gasteiger partial charge on any atom is 0.222 e. The Balaban J connectivity index is 1.82. The van der Waals surface area contributed by atoms with Crippen LogP contribution in [0.15, 0.2) is 30.6 Å². The Bertz CT molecular complexity index is 1150. The van der Waals surface area contributed by atoms with E-state index in [0.717, 1.165) is 22.2 Å². The molecule has 1 saturated heterocycles. The van der Waals surface area contributed by atoms with Gasteiger partial charge in [0.05, 0.1) is 42.4 Å². The van der Waals surface area contributed by atoms with Gasteiger partial charge in [0.25, 0.3) is 0 Å². The molecule has 0 saturated carbocycles. The van der Waals surface area contributed by atoms with Crippen molar-refractivity contribution >= 4 is 22.6 Å². The van der Waals surface area contributed by atoms with Crippen molar-refractivity contribution in [2.24, 2.45) is 7.05 Å². The van der Waals surface area contributed by atoms with Crippen molar-refractivity contribution in [2.45, 2.75) is 38.4 Å². The van der Waals surface area contributed by atoms with Crippen LogP contribution in [-0.2, 0) is 26.9 Å². The highest BCUT2D eigenvalue weighted by Crippen LogP contribution is 2.38. The van der Waals surface area contributed by atoms with Gasteiger partial charge in [-0.15, -0.1) is 0 Å². The third-order valence-corrected chi connectivity index (χ3v) is 5.90. The Morgan fingerprint density at radius 1 is 1.39 bits per heavy atom. The Labute approximate surface area is 192 Å². The highest BCUT2D eigenvalue weighted by atomic mass is 16.5. The van der Waals surface area contributed by atoms with Gasteiger partial charge in [-0.1, -0.05) is 0 Å². The Hall–Kier alpha value is -3.01. The molecule has 2 atom stereocenters. The van der Waals surface area contributed by atoms with Gasteiger partial charge in [-0.3, -0.25) is 4.79 Å². The fraction of sp³-hybridized carbons (Fsp3) is 0.458. The average Bonchev–Trinajstić information content (AvgIpc) is 3.38. The molecular weight excluding hydrogens is 424 g/mol. The van der Waals surface area contributed by atoms with Gasteiger partial charge in [-0.2, -0.15) is 0 Å². The van der Waals surface area contributed by atoms with Gasteiger partial charge in [0, 0.05) is 69.8 Å². The van der Waals surface area contributed by atoms with Crippen LogP contribution >= 0.6 is 0 Å². The summed E-state index contributed by atoms with van der Waals surface area (Å²) in [5, 5.41) is 13.3. The lowest BCUT2D eigenvalue weighted by Crippen LogP contribution is -2.30. The number of aromatic nitrogens is 3. The summed E-state index contributed by atoms with van der Waals surface area (Å²) in [6.45, 7) is 4.58. The van der Waals surface area contributed by atoms with Crippen LogP contribution in [0.5, 0.6) is 5.75 Å². The first-order valence-corrected chi connectivity index (χ1v) is 11.0. The number of carbonyl (C=O) groups excluding carboxylic acids is 1. The largest absolute Gasteiger partial charge is 0.493 e. The number of aryl methyl sites for hydroxylation is 1. The van der Waals surface area contributed by atoms with Crippen molar-refractivity contribution in [3.05, 3.63) is 36.3 Å². The van der Waals surface area contributed by atoms with Gasteiger partial charge >= 0.3 is 0 Å². The molecule has 0 spiro atoms. The molecule has 3 aromatic rings. The zero-order valence-corrected chi connectivity index (χ0v) is 19.4. The van der Waals surface area contributed by atoms with Gasteiger partial charge in [-0.25, -0.2) is 9.97 Å². The van der Waals surface area contributed by atoms with Crippen LogP contribution in [0.1, 0.15) is 32.4 Å². The smallest absolute Gasteiger partial charge is 0.222 e. The molecule has 0 bridgehead atoms. The SMILES string of the molecule is CO[C@@]1(c2cc(OCC[C@H](C)O)cc(-c3cn(C)c4cnc(NC(C)=O)cc34)n2)CCOC1. The number of carbonyl (C=O) groups is 1. The number of nitrogens with one attached hydrogen (secondary N) is 1. The summed E-state index contributed by atoms with van der Waals surface area (Å²) in [7, 11) is 3.61. The standard InChI is InChI=1S/C24H30N4O5/c1-15(29)5-7-33-17-9-20(27-22(10-17)24(31-4)6-8-32-14-24)19-13-28(3)21-12-25-23(11-18(19)21)26-16(2)30/h9-13,15,29H,5-8,14H2,1-4H3,(H,25,26,30)/t15-,24-/m0/s1. The first-order chi connectivity index (χ1) is 15.8. The van der Waals surface area contributed by atoms with Crippen molar-refractivity contribution in [1.82, 2.24) is 14.5 Å². The minimum Gasteiger partial charge on any atom is -0.493 e. The third-order valence-electron chi connectivity index (χ3n) is 5.90. The second-order valence-electron chi connectivity index (χ2n) is 8.48. The first kappa shape index (κ1) is 23.2. The molecule has 0 aromatic carbocycles. The predicted molar refractivity (Wildman–Crippen MR) is 124 cm³/mol. The molecule has 1 fully saturated rings. The maximum absolute atomic E-state index is 11.5. The molecule has 0 radical (unpaired) electrons. The van der Waals surface area contributed by atoms with E-state index in [2.05, 4.69) is 10.3 Å². The number of anilines is 1. The van der Waals surface area contributed by atoms with Crippen molar-refractivity contribution in [3.8, 4) is 17.0 Å². The van der Waals surface area contributed by atoms with Crippen LogP contribution in [0.3, 0.4) is 0 Å². The highest BCUT2D eigenvalue weighted by Gasteiger charge is 2.39. The molecule has 4 rings (SSSR count). The number of aliphatic hydroxyl groups is 1. The number of fused-ring (bicyclic) bond motifs is 1. The van der Waals surface area contributed by atoms with Crippen LogP contribution < -0.4 is 10.1 Å². The minimum atomic E-state index is -0.647. The van der Waals surface area contributed by atoms with Gasteiger partial charge in [0.2, 0.25) is 5.91 Å². The molecule has 0 aliphatic carbocycles. The summed E-state index contributed by atoms with van der Waals surface area (Å²) in [4.78, 5) is 20.8. The Kier molecular flexibility index (Phi) is 6.64. The first-order valence-electron chi connectivity index (χ1n) is 11.0. The molecule has 4 heterocycles. The lowest BCUT2D eigenvalue weighted by molar-refractivity contribution is -0.114. The van der Waals surface area contributed by atoms with E-state index in [9.17, 15) is 9.90 Å².